The normalized spacial score (nSPS) is 15.2. The van der Waals surface area contributed by atoms with Gasteiger partial charge in [-0.1, -0.05) is 52.0 Å². The molecular weight excluding hydrogens is 605 g/mol. The Morgan fingerprint density at radius 2 is 1.73 bits per heavy atom. The van der Waals surface area contributed by atoms with Crippen molar-refractivity contribution in [3.05, 3.63) is 88.2 Å². The number of benzene rings is 3. The van der Waals surface area contributed by atoms with Crippen molar-refractivity contribution in [2.24, 2.45) is 10.2 Å². The highest BCUT2D eigenvalue weighted by molar-refractivity contribution is 9.10. The number of ether oxygens (including phenoxy) is 1. The monoisotopic (exact) mass is 628 g/mol. The summed E-state index contributed by atoms with van der Waals surface area (Å²) in [5, 5.41) is 14.2. The number of alkyl halides is 3. The van der Waals surface area contributed by atoms with Crippen LogP contribution in [0.2, 0.25) is 0 Å². The Bertz CT molecular complexity index is 1530. The van der Waals surface area contributed by atoms with E-state index in [9.17, 15) is 13.2 Å². The summed E-state index contributed by atoms with van der Waals surface area (Å²) in [7, 11) is 0. The lowest BCUT2D eigenvalue weighted by Crippen LogP contribution is -2.35. The Hall–Kier alpha value is -3.64. The largest absolute Gasteiger partial charge is 0.573 e. The maximum absolute atomic E-state index is 12.4. The van der Waals surface area contributed by atoms with Gasteiger partial charge in [-0.2, -0.15) is 5.10 Å². The average molecular weight is 630 g/mol. The van der Waals surface area contributed by atoms with Gasteiger partial charge in [-0.25, -0.2) is 9.67 Å². The molecule has 0 amide bonds. The number of anilines is 1. The fourth-order valence-electron chi connectivity index (χ4n) is 4.36. The Labute approximate surface area is 241 Å². The molecule has 0 unspecified atom stereocenters. The molecule has 5 rings (SSSR count). The van der Waals surface area contributed by atoms with Gasteiger partial charge in [0, 0.05) is 28.0 Å². The van der Waals surface area contributed by atoms with E-state index in [0.717, 1.165) is 39.5 Å². The van der Waals surface area contributed by atoms with Gasteiger partial charge in [0.25, 0.3) is 0 Å². The van der Waals surface area contributed by atoms with Gasteiger partial charge in [0.2, 0.25) is 0 Å². The maximum Gasteiger partial charge on any atom is 0.573 e. The molecule has 0 spiro atoms. The highest BCUT2D eigenvalue weighted by atomic mass is 79.9. The van der Waals surface area contributed by atoms with E-state index >= 15 is 0 Å². The van der Waals surface area contributed by atoms with Gasteiger partial charge in [-0.3, -0.25) is 0 Å². The minimum absolute atomic E-state index is 0.299. The van der Waals surface area contributed by atoms with Crippen molar-refractivity contribution in [2.75, 3.05) is 17.2 Å². The first-order valence-electron chi connectivity index (χ1n) is 12.3. The van der Waals surface area contributed by atoms with Gasteiger partial charge >= 0.3 is 6.36 Å². The maximum atomic E-state index is 12.4. The molecule has 0 N–H and O–H groups in total. The fourth-order valence-corrected chi connectivity index (χ4v) is 5.95. The summed E-state index contributed by atoms with van der Waals surface area (Å²) < 4.78 is 43.6. The summed E-state index contributed by atoms with van der Waals surface area (Å²) in [6.45, 7) is 5.11. The fraction of sp³-hybridized carbons (Fsp3) is 0.214. The molecule has 1 saturated heterocycles. The molecule has 4 aromatic rings. The van der Waals surface area contributed by atoms with E-state index < -0.39 is 6.36 Å². The number of aromatic nitrogens is 3. The third-order valence-corrected chi connectivity index (χ3v) is 7.57. The van der Waals surface area contributed by atoms with Gasteiger partial charge in [0.15, 0.2) is 11.0 Å². The van der Waals surface area contributed by atoms with Crippen molar-refractivity contribution in [1.82, 2.24) is 14.8 Å². The first kappa shape index (κ1) is 27.9. The van der Waals surface area contributed by atoms with Crippen molar-refractivity contribution >= 4 is 44.8 Å². The molecule has 40 heavy (non-hydrogen) atoms. The summed E-state index contributed by atoms with van der Waals surface area (Å²) in [6, 6.07) is 17.2. The van der Waals surface area contributed by atoms with Gasteiger partial charge in [-0.05, 0) is 73.4 Å². The molecule has 1 aromatic heterocycles. The van der Waals surface area contributed by atoms with E-state index in [0.29, 0.717) is 11.5 Å². The molecule has 2 heterocycles. The minimum Gasteiger partial charge on any atom is -0.406 e. The van der Waals surface area contributed by atoms with Crippen molar-refractivity contribution in [3.8, 4) is 22.8 Å². The minimum atomic E-state index is -4.74. The SMILES string of the molecule is Cc1cc(Br)cc(C)c1N1CCCSC1=NN=Cc1ccc(-c2ncn(-c3ccc(OC(F)(F)F)cc3)n2)cc1. The highest BCUT2D eigenvalue weighted by Crippen LogP contribution is 2.33. The Morgan fingerprint density at radius 3 is 2.40 bits per heavy atom. The molecule has 0 radical (unpaired) electrons. The summed E-state index contributed by atoms with van der Waals surface area (Å²) in [4.78, 5) is 6.57. The quantitative estimate of drug-likeness (QED) is 0.163. The zero-order valence-electron chi connectivity index (χ0n) is 21.6. The van der Waals surface area contributed by atoms with Crippen LogP contribution in [-0.4, -0.2) is 44.8 Å². The molecule has 0 bridgehead atoms. The van der Waals surface area contributed by atoms with E-state index in [1.807, 2.05) is 24.3 Å². The number of nitrogens with zero attached hydrogens (tertiary/aromatic N) is 6. The van der Waals surface area contributed by atoms with Gasteiger partial charge in [0.05, 0.1) is 11.9 Å². The van der Waals surface area contributed by atoms with Gasteiger partial charge in [-0.15, -0.1) is 23.4 Å². The number of aryl methyl sites for hydroxylation is 2. The number of thioether (sulfide) groups is 1. The third-order valence-electron chi connectivity index (χ3n) is 6.06. The highest BCUT2D eigenvalue weighted by Gasteiger charge is 2.31. The number of amidine groups is 1. The van der Waals surface area contributed by atoms with Gasteiger partial charge in [0.1, 0.15) is 12.1 Å². The Kier molecular flexibility index (Phi) is 8.27. The van der Waals surface area contributed by atoms with Crippen LogP contribution in [-0.2, 0) is 0 Å². The van der Waals surface area contributed by atoms with Crippen LogP contribution in [0.15, 0.2) is 81.7 Å². The molecule has 1 fully saturated rings. The first-order chi connectivity index (χ1) is 19.2. The van der Waals surface area contributed by atoms with Crippen LogP contribution in [0, 0.1) is 13.8 Å². The standard InChI is InChI=1S/C28H24BrF3N6OS/c1-18-14-22(29)15-19(2)25(18)37-12-3-13-40-27(37)35-34-16-20-4-6-21(7-5-20)26-33-17-38(36-26)23-8-10-24(11-9-23)39-28(30,31)32/h4-11,14-17H,3,12-13H2,1-2H3. The van der Waals surface area contributed by atoms with Crippen LogP contribution in [0.3, 0.4) is 0 Å². The zero-order chi connectivity index (χ0) is 28.3. The molecule has 1 aliphatic heterocycles. The molecular formula is C28H24BrF3N6OS. The van der Waals surface area contributed by atoms with Crippen LogP contribution in [0.1, 0.15) is 23.1 Å². The lowest BCUT2D eigenvalue weighted by atomic mass is 10.1. The van der Waals surface area contributed by atoms with E-state index in [2.05, 4.69) is 71.8 Å². The number of hydrogen-bond acceptors (Lipinski definition) is 6. The smallest absolute Gasteiger partial charge is 0.406 e. The Morgan fingerprint density at radius 1 is 1.02 bits per heavy atom. The number of rotatable bonds is 6. The second-order valence-corrected chi connectivity index (χ2v) is 11.0. The molecule has 0 atom stereocenters. The third kappa shape index (κ3) is 6.73. The van der Waals surface area contributed by atoms with E-state index in [4.69, 9.17) is 0 Å². The second-order valence-electron chi connectivity index (χ2n) is 9.05. The van der Waals surface area contributed by atoms with Crippen molar-refractivity contribution < 1.29 is 17.9 Å². The lowest BCUT2D eigenvalue weighted by molar-refractivity contribution is -0.274. The predicted octanol–water partition coefficient (Wildman–Crippen LogP) is 7.55. The van der Waals surface area contributed by atoms with Crippen molar-refractivity contribution in [2.45, 2.75) is 26.6 Å². The van der Waals surface area contributed by atoms with E-state index in [1.54, 1.807) is 18.0 Å². The molecule has 206 valence electrons. The molecule has 3 aromatic carbocycles. The number of hydrogen-bond donors (Lipinski definition) is 0. The van der Waals surface area contributed by atoms with Gasteiger partial charge < -0.3 is 9.64 Å². The van der Waals surface area contributed by atoms with Crippen LogP contribution >= 0.6 is 27.7 Å². The summed E-state index contributed by atoms with van der Waals surface area (Å²) in [6.07, 6.45) is -0.449. The molecule has 12 heteroatoms. The van der Waals surface area contributed by atoms with Crippen LogP contribution in [0.25, 0.3) is 17.1 Å². The summed E-state index contributed by atoms with van der Waals surface area (Å²) in [5.74, 6) is 1.18. The van der Waals surface area contributed by atoms with Crippen molar-refractivity contribution in [1.29, 1.82) is 0 Å². The first-order valence-corrected chi connectivity index (χ1v) is 14.1. The molecule has 0 saturated carbocycles. The topological polar surface area (TPSA) is 67.9 Å². The second kappa shape index (κ2) is 11.8. The summed E-state index contributed by atoms with van der Waals surface area (Å²) in [5.41, 5.74) is 5.76. The van der Waals surface area contributed by atoms with E-state index in [1.165, 1.54) is 52.1 Å². The van der Waals surface area contributed by atoms with Crippen molar-refractivity contribution in [3.63, 3.8) is 0 Å². The van der Waals surface area contributed by atoms with Crippen LogP contribution < -0.4 is 9.64 Å². The summed E-state index contributed by atoms with van der Waals surface area (Å²) >= 11 is 5.27. The Balaban J connectivity index is 1.27. The number of halogens is 4. The lowest BCUT2D eigenvalue weighted by Gasteiger charge is -2.31. The molecule has 7 nitrogen and oxygen atoms in total. The van der Waals surface area contributed by atoms with E-state index in [-0.39, 0.29) is 5.75 Å². The molecule has 1 aliphatic rings. The zero-order valence-corrected chi connectivity index (χ0v) is 24.0. The average Bonchev–Trinajstić information content (AvgIpc) is 3.39. The van der Waals surface area contributed by atoms with Crippen LogP contribution in [0.4, 0.5) is 18.9 Å². The predicted molar refractivity (Wildman–Crippen MR) is 157 cm³/mol. The molecule has 0 aliphatic carbocycles. The van der Waals surface area contributed by atoms with Crippen LogP contribution in [0.5, 0.6) is 5.75 Å².